The van der Waals surface area contributed by atoms with Crippen molar-refractivity contribution in [3.05, 3.63) is 29.8 Å². The van der Waals surface area contributed by atoms with Crippen molar-refractivity contribution >= 4 is 5.91 Å². The summed E-state index contributed by atoms with van der Waals surface area (Å²) in [7, 11) is 0. The largest absolute Gasteiger partial charge is 0.491 e. The average Bonchev–Trinajstić information content (AvgIpc) is 2.44. The average molecular weight is 278 g/mol. The standard InChI is InChI=1S/C16H26N2O2/c1-4-14(10-17)9-16(19)18-13(3)11-20-15-7-5-12(2)6-8-15/h5-8,13-14H,4,9-11,17H2,1-3H3,(H,18,19). The van der Waals surface area contributed by atoms with Gasteiger partial charge in [0.2, 0.25) is 5.91 Å². The molecule has 0 spiro atoms. The molecule has 1 rings (SSSR count). The second-order valence-electron chi connectivity index (χ2n) is 5.31. The first-order valence-electron chi connectivity index (χ1n) is 7.24. The van der Waals surface area contributed by atoms with Gasteiger partial charge in [-0.15, -0.1) is 0 Å². The van der Waals surface area contributed by atoms with Gasteiger partial charge in [0.15, 0.2) is 0 Å². The van der Waals surface area contributed by atoms with E-state index in [9.17, 15) is 4.79 Å². The Hall–Kier alpha value is -1.55. The maximum atomic E-state index is 11.8. The third-order valence-electron chi connectivity index (χ3n) is 3.31. The van der Waals surface area contributed by atoms with E-state index in [0.717, 1.165) is 12.2 Å². The topological polar surface area (TPSA) is 64.4 Å². The van der Waals surface area contributed by atoms with Crippen LogP contribution in [0, 0.1) is 12.8 Å². The zero-order valence-corrected chi connectivity index (χ0v) is 12.7. The quantitative estimate of drug-likeness (QED) is 0.766. The maximum absolute atomic E-state index is 11.8. The monoisotopic (exact) mass is 278 g/mol. The van der Waals surface area contributed by atoms with E-state index in [1.165, 1.54) is 5.56 Å². The molecule has 2 unspecified atom stereocenters. The number of benzene rings is 1. The molecule has 3 N–H and O–H groups in total. The summed E-state index contributed by atoms with van der Waals surface area (Å²) in [6, 6.07) is 7.87. The lowest BCUT2D eigenvalue weighted by molar-refractivity contribution is -0.122. The molecular weight excluding hydrogens is 252 g/mol. The van der Waals surface area contributed by atoms with Crippen molar-refractivity contribution in [1.82, 2.24) is 5.32 Å². The first-order valence-corrected chi connectivity index (χ1v) is 7.24. The van der Waals surface area contributed by atoms with Crippen LogP contribution in [-0.4, -0.2) is 25.1 Å². The predicted octanol–water partition coefficient (Wildman–Crippen LogP) is 2.25. The Morgan fingerprint density at radius 3 is 2.55 bits per heavy atom. The Morgan fingerprint density at radius 1 is 1.35 bits per heavy atom. The summed E-state index contributed by atoms with van der Waals surface area (Å²) in [6.45, 7) is 7.05. The van der Waals surface area contributed by atoms with Crippen LogP contribution in [0.3, 0.4) is 0 Å². The summed E-state index contributed by atoms with van der Waals surface area (Å²) in [5.74, 6) is 1.13. The molecule has 4 nitrogen and oxygen atoms in total. The van der Waals surface area contributed by atoms with Crippen molar-refractivity contribution in [2.24, 2.45) is 11.7 Å². The normalized spacial score (nSPS) is 13.6. The highest BCUT2D eigenvalue weighted by atomic mass is 16.5. The molecule has 0 aliphatic rings. The first kappa shape index (κ1) is 16.5. The van der Waals surface area contributed by atoms with Gasteiger partial charge in [0.1, 0.15) is 12.4 Å². The van der Waals surface area contributed by atoms with Crippen LogP contribution < -0.4 is 15.8 Å². The van der Waals surface area contributed by atoms with E-state index in [1.54, 1.807) is 0 Å². The Balaban J connectivity index is 2.30. The Morgan fingerprint density at radius 2 is 2.00 bits per heavy atom. The molecule has 0 aliphatic carbocycles. The molecule has 0 heterocycles. The van der Waals surface area contributed by atoms with Crippen LogP contribution in [-0.2, 0) is 4.79 Å². The van der Waals surface area contributed by atoms with Crippen LogP contribution in [0.15, 0.2) is 24.3 Å². The molecule has 0 radical (unpaired) electrons. The van der Waals surface area contributed by atoms with Crippen molar-refractivity contribution in [2.45, 2.75) is 39.7 Å². The highest BCUT2D eigenvalue weighted by Crippen LogP contribution is 2.11. The molecule has 1 aromatic rings. The molecule has 0 saturated heterocycles. The van der Waals surface area contributed by atoms with Gasteiger partial charge in [-0.25, -0.2) is 0 Å². The Bertz CT molecular complexity index is 399. The van der Waals surface area contributed by atoms with Gasteiger partial charge in [-0.3, -0.25) is 4.79 Å². The fraction of sp³-hybridized carbons (Fsp3) is 0.562. The summed E-state index contributed by atoms with van der Waals surface area (Å²) in [6.07, 6.45) is 1.42. The maximum Gasteiger partial charge on any atom is 0.220 e. The number of hydrogen-bond donors (Lipinski definition) is 2. The number of aryl methyl sites for hydroxylation is 1. The zero-order valence-electron chi connectivity index (χ0n) is 12.7. The lowest BCUT2D eigenvalue weighted by atomic mass is 10.0. The predicted molar refractivity (Wildman–Crippen MR) is 81.7 cm³/mol. The van der Waals surface area contributed by atoms with E-state index in [0.29, 0.717) is 19.6 Å². The lowest BCUT2D eigenvalue weighted by Gasteiger charge is -2.17. The van der Waals surface area contributed by atoms with Crippen LogP contribution in [0.5, 0.6) is 5.75 Å². The van der Waals surface area contributed by atoms with Crippen molar-refractivity contribution < 1.29 is 9.53 Å². The number of carbonyl (C=O) groups is 1. The van der Waals surface area contributed by atoms with Crippen LogP contribution in [0.4, 0.5) is 0 Å². The molecule has 0 fully saturated rings. The number of carbonyl (C=O) groups excluding carboxylic acids is 1. The van der Waals surface area contributed by atoms with E-state index in [-0.39, 0.29) is 17.9 Å². The molecule has 1 aromatic carbocycles. The minimum atomic E-state index is -0.0147. The van der Waals surface area contributed by atoms with Crippen molar-refractivity contribution in [1.29, 1.82) is 0 Å². The molecule has 112 valence electrons. The fourth-order valence-electron chi connectivity index (χ4n) is 1.89. The SMILES string of the molecule is CCC(CN)CC(=O)NC(C)COc1ccc(C)cc1. The smallest absolute Gasteiger partial charge is 0.220 e. The van der Waals surface area contributed by atoms with Crippen LogP contribution in [0.2, 0.25) is 0 Å². The third-order valence-corrected chi connectivity index (χ3v) is 3.31. The van der Waals surface area contributed by atoms with E-state index in [4.69, 9.17) is 10.5 Å². The van der Waals surface area contributed by atoms with Crippen molar-refractivity contribution in [3.63, 3.8) is 0 Å². The van der Waals surface area contributed by atoms with Gasteiger partial charge < -0.3 is 15.8 Å². The summed E-state index contributed by atoms with van der Waals surface area (Å²) in [5, 5.41) is 2.94. The van der Waals surface area contributed by atoms with E-state index in [1.807, 2.05) is 38.1 Å². The lowest BCUT2D eigenvalue weighted by Crippen LogP contribution is -2.38. The van der Waals surface area contributed by atoms with Gasteiger partial charge in [0.05, 0.1) is 6.04 Å². The van der Waals surface area contributed by atoms with Crippen molar-refractivity contribution in [3.8, 4) is 5.75 Å². The first-order chi connectivity index (χ1) is 9.55. The minimum Gasteiger partial charge on any atom is -0.491 e. The van der Waals surface area contributed by atoms with Crippen LogP contribution >= 0.6 is 0 Å². The number of rotatable bonds is 8. The van der Waals surface area contributed by atoms with Crippen LogP contribution in [0.25, 0.3) is 0 Å². The van der Waals surface area contributed by atoms with E-state index >= 15 is 0 Å². The van der Waals surface area contributed by atoms with E-state index in [2.05, 4.69) is 12.2 Å². The molecule has 2 atom stereocenters. The number of hydrogen-bond acceptors (Lipinski definition) is 3. The molecule has 0 aromatic heterocycles. The van der Waals surface area contributed by atoms with E-state index < -0.39 is 0 Å². The molecule has 0 aliphatic heterocycles. The number of ether oxygens (including phenoxy) is 1. The van der Waals surface area contributed by atoms with Gasteiger partial charge in [-0.05, 0) is 38.4 Å². The highest BCUT2D eigenvalue weighted by molar-refractivity contribution is 5.76. The molecule has 1 amide bonds. The minimum absolute atomic E-state index is 0.0147. The molecule has 20 heavy (non-hydrogen) atoms. The zero-order chi connectivity index (χ0) is 15.0. The summed E-state index contributed by atoms with van der Waals surface area (Å²) in [5.41, 5.74) is 6.80. The van der Waals surface area contributed by atoms with Gasteiger partial charge >= 0.3 is 0 Å². The second-order valence-corrected chi connectivity index (χ2v) is 5.31. The summed E-state index contributed by atoms with van der Waals surface area (Å²) in [4.78, 5) is 11.8. The Labute approximate surface area is 121 Å². The van der Waals surface area contributed by atoms with Gasteiger partial charge in [-0.2, -0.15) is 0 Å². The van der Waals surface area contributed by atoms with Crippen LogP contribution in [0.1, 0.15) is 32.3 Å². The fourth-order valence-corrected chi connectivity index (χ4v) is 1.89. The summed E-state index contributed by atoms with van der Waals surface area (Å²) >= 11 is 0. The number of amides is 1. The summed E-state index contributed by atoms with van der Waals surface area (Å²) < 4.78 is 5.64. The van der Waals surface area contributed by atoms with Gasteiger partial charge in [-0.1, -0.05) is 31.0 Å². The second kappa shape index (κ2) is 8.59. The van der Waals surface area contributed by atoms with Gasteiger partial charge in [0.25, 0.3) is 0 Å². The number of nitrogens with two attached hydrogens (primary N) is 1. The molecule has 0 saturated carbocycles. The molecule has 4 heteroatoms. The molecular formula is C16H26N2O2. The third kappa shape index (κ3) is 6.06. The molecule has 0 bridgehead atoms. The highest BCUT2D eigenvalue weighted by Gasteiger charge is 2.13. The Kier molecular flexibility index (Phi) is 7.09. The number of nitrogens with one attached hydrogen (secondary N) is 1. The van der Waals surface area contributed by atoms with Crippen molar-refractivity contribution in [2.75, 3.05) is 13.2 Å². The van der Waals surface area contributed by atoms with Gasteiger partial charge in [0, 0.05) is 6.42 Å².